The normalized spacial score (nSPS) is 21.1. The molecule has 2 aromatic carbocycles. The molecule has 8 nitrogen and oxygen atoms in total. The largest absolute Gasteiger partial charge is 0.454 e. The van der Waals surface area contributed by atoms with E-state index in [1.165, 1.54) is 0 Å². The lowest BCUT2D eigenvalue weighted by atomic mass is 9.91. The minimum atomic E-state index is -1.20. The lowest BCUT2D eigenvalue weighted by molar-refractivity contribution is -0.131. The number of hydrogen-bond acceptors (Lipinski definition) is 6. The van der Waals surface area contributed by atoms with Gasteiger partial charge in [0.1, 0.15) is 17.6 Å². The molecule has 3 amide bonds. The highest BCUT2D eigenvalue weighted by atomic mass is 16.7. The topological polar surface area (TPSA) is 93.9 Å². The third-order valence-electron chi connectivity index (χ3n) is 4.86. The SMILES string of the molecule is C[C@@]1(c2ccc3c(c2)OCO3)NC(=O)N(Cc2nc3ccccc3o2)C1=O. The van der Waals surface area contributed by atoms with Gasteiger partial charge in [-0.15, -0.1) is 0 Å². The highest BCUT2D eigenvalue weighted by Gasteiger charge is 2.49. The van der Waals surface area contributed by atoms with Crippen LogP contribution >= 0.6 is 0 Å². The van der Waals surface area contributed by atoms with Crippen molar-refractivity contribution in [3.63, 3.8) is 0 Å². The molecule has 0 spiro atoms. The van der Waals surface area contributed by atoms with Crippen LogP contribution in [0.25, 0.3) is 11.1 Å². The van der Waals surface area contributed by atoms with Gasteiger partial charge in [0.2, 0.25) is 12.7 Å². The summed E-state index contributed by atoms with van der Waals surface area (Å²) in [5, 5.41) is 2.76. The molecular weight excluding hydrogens is 350 g/mol. The first-order valence-electron chi connectivity index (χ1n) is 8.43. The van der Waals surface area contributed by atoms with E-state index in [2.05, 4.69) is 10.3 Å². The second kappa shape index (κ2) is 5.47. The fourth-order valence-electron chi connectivity index (χ4n) is 3.37. The molecule has 27 heavy (non-hydrogen) atoms. The van der Waals surface area contributed by atoms with Crippen LogP contribution in [0.15, 0.2) is 46.9 Å². The fraction of sp³-hybridized carbons (Fsp3) is 0.211. The molecule has 1 N–H and O–H groups in total. The first kappa shape index (κ1) is 15.7. The Bertz CT molecular complexity index is 1060. The number of ether oxygens (including phenoxy) is 2. The number of para-hydroxylation sites is 2. The van der Waals surface area contributed by atoms with Crippen molar-refractivity contribution in [3.8, 4) is 11.5 Å². The molecule has 0 aliphatic carbocycles. The molecule has 0 saturated carbocycles. The van der Waals surface area contributed by atoms with Gasteiger partial charge < -0.3 is 19.2 Å². The van der Waals surface area contributed by atoms with Crippen molar-refractivity contribution < 1.29 is 23.5 Å². The summed E-state index contributed by atoms with van der Waals surface area (Å²) in [5.41, 5.74) is 0.700. The van der Waals surface area contributed by atoms with E-state index in [-0.39, 0.29) is 19.2 Å². The van der Waals surface area contributed by atoms with E-state index >= 15 is 0 Å². The third kappa shape index (κ3) is 2.33. The van der Waals surface area contributed by atoms with Gasteiger partial charge in [-0.3, -0.25) is 9.69 Å². The lowest BCUT2D eigenvalue weighted by Crippen LogP contribution is -2.40. The zero-order valence-corrected chi connectivity index (χ0v) is 14.4. The van der Waals surface area contributed by atoms with Crippen LogP contribution in [0.1, 0.15) is 18.4 Å². The Labute approximate surface area is 153 Å². The predicted octanol–water partition coefficient (Wildman–Crippen LogP) is 2.52. The van der Waals surface area contributed by atoms with Gasteiger partial charge in [0.05, 0.1) is 0 Å². The van der Waals surface area contributed by atoms with Gasteiger partial charge in [0.25, 0.3) is 5.91 Å². The van der Waals surface area contributed by atoms with E-state index in [0.29, 0.717) is 34.1 Å². The maximum absolute atomic E-state index is 13.1. The average molecular weight is 365 g/mol. The summed E-state index contributed by atoms with van der Waals surface area (Å²) in [6.45, 7) is 1.76. The quantitative estimate of drug-likeness (QED) is 0.717. The summed E-state index contributed by atoms with van der Waals surface area (Å²) in [7, 11) is 0. The van der Waals surface area contributed by atoms with Crippen LogP contribution in [0.4, 0.5) is 4.79 Å². The summed E-state index contributed by atoms with van der Waals surface area (Å²) in [6, 6.07) is 12.0. The van der Waals surface area contributed by atoms with Crippen LogP contribution in [0.5, 0.6) is 11.5 Å². The minimum Gasteiger partial charge on any atom is -0.454 e. The molecule has 136 valence electrons. The Hall–Kier alpha value is -3.55. The molecule has 3 aromatic rings. The highest BCUT2D eigenvalue weighted by Crippen LogP contribution is 2.38. The number of nitrogens with one attached hydrogen (secondary N) is 1. The van der Waals surface area contributed by atoms with Crippen LogP contribution in [0.2, 0.25) is 0 Å². The minimum absolute atomic E-state index is 0.0422. The van der Waals surface area contributed by atoms with E-state index in [4.69, 9.17) is 13.9 Å². The van der Waals surface area contributed by atoms with E-state index in [0.717, 1.165) is 4.90 Å². The lowest BCUT2D eigenvalue weighted by Gasteiger charge is -2.22. The van der Waals surface area contributed by atoms with E-state index in [1.54, 1.807) is 31.2 Å². The summed E-state index contributed by atoms with van der Waals surface area (Å²) in [4.78, 5) is 31.0. The number of nitrogens with zero attached hydrogens (tertiary/aromatic N) is 2. The number of imide groups is 1. The smallest absolute Gasteiger partial charge is 0.325 e. The Kier molecular flexibility index (Phi) is 3.18. The number of oxazole rings is 1. The van der Waals surface area contributed by atoms with Crippen molar-refractivity contribution in [2.75, 3.05) is 6.79 Å². The highest BCUT2D eigenvalue weighted by molar-refractivity contribution is 6.07. The molecule has 3 heterocycles. The van der Waals surface area contributed by atoms with Crippen LogP contribution in [0.3, 0.4) is 0 Å². The Balaban J connectivity index is 1.45. The molecule has 0 bridgehead atoms. The molecule has 5 rings (SSSR count). The molecular formula is C19H15N3O5. The van der Waals surface area contributed by atoms with Crippen LogP contribution in [-0.4, -0.2) is 28.6 Å². The zero-order chi connectivity index (χ0) is 18.6. The van der Waals surface area contributed by atoms with E-state index in [9.17, 15) is 9.59 Å². The second-order valence-corrected chi connectivity index (χ2v) is 6.59. The predicted molar refractivity (Wildman–Crippen MR) is 93.0 cm³/mol. The van der Waals surface area contributed by atoms with Gasteiger partial charge >= 0.3 is 6.03 Å². The maximum atomic E-state index is 13.1. The Morgan fingerprint density at radius 3 is 2.81 bits per heavy atom. The number of fused-ring (bicyclic) bond motifs is 2. The van der Waals surface area contributed by atoms with Crippen LogP contribution < -0.4 is 14.8 Å². The summed E-state index contributed by atoms with van der Waals surface area (Å²) in [5.74, 6) is 1.08. The summed E-state index contributed by atoms with van der Waals surface area (Å²) < 4.78 is 16.3. The number of urea groups is 1. The number of benzene rings is 2. The van der Waals surface area contributed by atoms with Crippen LogP contribution in [-0.2, 0) is 16.9 Å². The van der Waals surface area contributed by atoms with Crippen molar-refractivity contribution >= 4 is 23.0 Å². The van der Waals surface area contributed by atoms with Crippen molar-refractivity contribution in [2.24, 2.45) is 0 Å². The Morgan fingerprint density at radius 2 is 1.96 bits per heavy atom. The fourth-order valence-corrected chi connectivity index (χ4v) is 3.37. The van der Waals surface area contributed by atoms with Crippen molar-refractivity contribution in [2.45, 2.75) is 19.0 Å². The molecule has 1 saturated heterocycles. The second-order valence-electron chi connectivity index (χ2n) is 6.59. The molecule has 8 heteroatoms. The summed E-state index contributed by atoms with van der Waals surface area (Å²) >= 11 is 0. The number of carbonyl (C=O) groups is 2. The maximum Gasteiger partial charge on any atom is 0.325 e. The van der Waals surface area contributed by atoms with Crippen LogP contribution in [0, 0.1) is 0 Å². The summed E-state index contributed by atoms with van der Waals surface area (Å²) in [6.07, 6.45) is 0. The zero-order valence-electron chi connectivity index (χ0n) is 14.4. The molecule has 2 aliphatic heterocycles. The van der Waals surface area contributed by atoms with E-state index < -0.39 is 11.6 Å². The number of carbonyl (C=O) groups excluding carboxylic acids is 2. The molecule has 1 aromatic heterocycles. The standard InChI is InChI=1S/C19H15N3O5/c1-19(11-6-7-14-15(8-11)26-10-25-14)17(23)22(18(24)21-19)9-16-20-12-4-2-3-5-13(12)27-16/h2-8H,9-10H2,1H3,(H,21,24)/t19-/m0/s1. The Morgan fingerprint density at radius 1 is 1.15 bits per heavy atom. The molecule has 1 fully saturated rings. The van der Waals surface area contributed by atoms with E-state index in [1.807, 2.05) is 18.2 Å². The van der Waals surface area contributed by atoms with Gasteiger partial charge in [-0.05, 0) is 36.8 Å². The number of hydrogen-bond donors (Lipinski definition) is 1. The average Bonchev–Trinajstić information content (AvgIpc) is 3.34. The molecule has 1 atom stereocenters. The number of aromatic nitrogens is 1. The number of rotatable bonds is 3. The first-order valence-corrected chi connectivity index (χ1v) is 8.43. The molecule has 2 aliphatic rings. The van der Waals surface area contributed by atoms with Gasteiger partial charge in [-0.1, -0.05) is 18.2 Å². The van der Waals surface area contributed by atoms with Crippen molar-refractivity contribution in [1.82, 2.24) is 15.2 Å². The van der Waals surface area contributed by atoms with Gasteiger partial charge in [-0.25, -0.2) is 9.78 Å². The first-order chi connectivity index (χ1) is 13.0. The van der Waals surface area contributed by atoms with Gasteiger partial charge in [0.15, 0.2) is 17.1 Å². The molecule has 0 unspecified atom stereocenters. The number of amides is 3. The monoisotopic (exact) mass is 365 g/mol. The third-order valence-corrected chi connectivity index (χ3v) is 4.86. The van der Waals surface area contributed by atoms with Crippen molar-refractivity contribution in [3.05, 3.63) is 53.9 Å². The molecule has 0 radical (unpaired) electrons. The van der Waals surface area contributed by atoms with Gasteiger partial charge in [-0.2, -0.15) is 0 Å². The van der Waals surface area contributed by atoms with Crippen molar-refractivity contribution in [1.29, 1.82) is 0 Å². The van der Waals surface area contributed by atoms with Gasteiger partial charge in [0, 0.05) is 0 Å².